The Morgan fingerprint density at radius 1 is 1.09 bits per heavy atom. The summed E-state index contributed by atoms with van der Waals surface area (Å²) in [5.41, 5.74) is 0. The van der Waals surface area contributed by atoms with Gasteiger partial charge in [-0.25, -0.2) is 0 Å². The Labute approximate surface area is 62.5 Å². The van der Waals surface area contributed by atoms with Crippen LogP contribution in [0.15, 0.2) is 29.6 Å². The van der Waals surface area contributed by atoms with E-state index in [0.717, 1.165) is 0 Å². The van der Waals surface area contributed by atoms with Crippen LogP contribution in [-0.2, 0) is 0 Å². The van der Waals surface area contributed by atoms with Crippen LogP contribution >= 0.6 is 0 Å². The highest BCUT2D eigenvalue weighted by Crippen LogP contribution is 2.21. The lowest BCUT2D eigenvalue weighted by Gasteiger charge is -1.91. The second-order valence-corrected chi connectivity index (χ2v) is 1.57. The van der Waals surface area contributed by atoms with Crippen molar-refractivity contribution in [2.75, 3.05) is 0 Å². The molecule has 0 aliphatic rings. The SMILES string of the molecule is O=NO.Oc1ccccc1O. The average molecular weight is 157 g/mol. The number of para-hydroxylation sites is 2. The van der Waals surface area contributed by atoms with Crippen LogP contribution in [0.1, 0.15) is 0 Å². The van der Waals surface area contributed by atoms with E-state index in [1.165, 1.54) is 17.5 Å². The third-order valence-electron chi connectivity index (χ3n) is 0.882. The molecule has 1 aromatic carbocycles. The summed E-state index contributed by atoms with van der Waals surface area (Å²) in [6.07, 6.45) is 0. The molecule has 0 aliphatic carbocycles. The first kappa shape index (κ1) is 9.22. The summed E-state index contributed by atoms with van der Waals surface area (Å²) in [4.78, 5) is 8.11. The van der Waals surface area contributed by atoms with E-state index in [-0.39, 0.29) is 11.5 Å². The van der Waals surface area contributed by atoms with Crippen molar-refractivity contribution >= 4 is 0 Å². The highest BCUT2D eigenvalue weighted by molar-refractivity contribution is 5.36. The van der Waals surface area contributed by atoms with Crippen LogP contribution in [0.5, 0.6) is 11.5 Å². The quantitative estimate of drug-likeness (QED) is 0.300. The molecule has 0 fully saturated rings. The molecule has 60 valence electrons. The first-order valence-electron chi connectivity index (χ1n) is 2.66. The smallest absolute Gasteiger partial charge is 0.157 e. The van der Waals surface area contributed by atoms with Gasteiger partial charge in [-0.2, -0.15) is 0 Å². The molecule has 3 N–H and O–H groups in total. The maximum absolute atomic E-state index is 8.67. The van der Waals surface area contributed by atoms with E-state index in [1.54, 1.807) is 12.1 Å². The minimum Gasteiger partial charge on any atom is -0.504 e. The molecule has 1 aromatic rings. The van der Waals surface area contributed by atoms with Gasteiger partial charge in [0.25, 0.3) is 0 Å². The van der Waals surface area contributed by atoms with E-state index in [4.69, 9.17) is 20.3 Å². The van der Waals surface area contributed by atoms with Crippen LogP contribution in [0.2, 0.25) is 0 Å². The second-order valence-electron chi connectivity index (χ2n) is 1.57. The molecule has 0 spiro atoms. The number of phenolic OH excluding ortho intramolecular Hbond substituents is 2. The first-order chi connectivity index (χ1) is 5.22. The fourth-order valence-corrected chi connectivity index (χ4v) is 0.464. The van der Waals surface area contributed by atoms with Crippen molar-refractivity contribution in [3.8, 4) is 11.5 Å². The average Bonchev–Trinajstić information content (AvgIpc) is 1.97. The summed E-state index contributed by atoms with van der Waals surface area (Å²) >= 11 is 0. The Balaban J connectivity index is 0.000000292. The van der Waals surface area contributed by atoms with Gasteiger partial charge in [0, 0.05) is 0 Å². The molecule has 0 aliphatic heterocycles. The molecule has 1 rings (SSSR count). The zero-order chi connectivity index (χ0) is 8.69. The Kier molecular flexibility index (Phi) is 4.22. The lowest BCUT2D eigenvalue weighted by molar-refractivity contribution is 0.312. The minimum atomic E-state index is -0.0764. The van der Waals surface area contributed by atoms with Crippen molar-refractivity contribution in [2.24, 2.45) is 5.34 Å². The number of hydrogen-bond donors (Lipinski definition) is 3. The van der Waals surface area contributed by atoms with Crippen molar-refractivity contribution < 1.29 is 15.4 Å². The molecule has 0 amide bonds. The molecule has 0 saturated carbocycles. The monoisotopic (exact) mass is 157 g/mol. The van der Waals surface area contributed by atoms with Crippen LogP contribution in [0, 0.1) is 4.91 Å². The van der Waals surface area contributed by atoms with E-state index >= 15 is 0 Å². The van der Waals surface area contributed by atoms with E-state index in [1.807, 2.05) is 0 Å². The fourth-order valence-electron chi connectivity index (χ4n) is 0.464. The van der Waals surface area contributed by atoms with Gasteiger partial charge in [0.2, 0.25) is 0 Å². The number of nitrogens with zero attached hydrogens (tertiary/aromatic N) is 1. The number of rotatable bonds is 0. The highest BCUT2D eigenvalue weighted by atomic mass is 16.6. The zero-order valence-electron chi connectivity index (χ0n) is 5.51. The summed E-state index contributed by atoms with van der Waals surface area (Å²) in [6, 6.07) is 6.15. The number of aromatic hydroxyl groups is 2. The molecule has 0 aromatic heterocycles. The lowest BCUT2D eigenvalue weighted by Crippen LogP contribution is -1.63. The molecule has 0 unspecified atom stereocenters. The third kappa shape index (κ3) is 3.74. The number of hydrogen-bond acceptors (Lipinski definition) is 4. The zero-order valence-corrected chi connectivity index (χ0v) is 5.51. The molecule has 5 nitrogen and oxygen atoms in total. The summed E-state index contributed by atoms with van der Waals surface area (Å²) < 4.78 is 0. The van der Waals surface area contributed by atoms with Crippen LogP contribution in [-0.4, -0.2) is 15.4 Å². The van der Waals surface area contributed by atoms with Crippen LogP contribution in [0.25, 0.3) is 0 Å². The summed E-state index contributed by atoms with van der Waals surface area (Å²) in [5.74, 6) is -0.153. The predicted molar refractivity (Wildman–Crippen MR) is 37.4 cm³/mol. The lowest BCUT2D eigenvalue weighted by atomic mass is 10.3. The Hall–Kier alpha value is -1.78. The minimum absolute atomic E-state index is 0.0764. The summed E-state index contributed by atoms with van der Waals surface area (Å²) in [6.45, 7) is 0. The molecule has 0 bridgehead atoms. The molecular formula is C6H7NO4. The van der Waals surface area contributed by atoms with Crippen LogP contribution < -0.4 is 0 Å². The normalized spacial score (nSPS) is 7.64. The van der Waals surface area contributed by atoms with Crippen molar-refractivity contribution in [3.05, 3.63) is 29.2 Å². The molecule has 11 heavy (non-hydrogen) atoms. The Bertz CT molecular complexity index is 205. The van der Waals surface area contributed by atoms with Gasteiger partial charge in [-0.1, -0.05) is 12.1 Å². The largest absolute Gasteiger partial charge is 0.504 e. The van der Waals surface area contributed by atoms with E-state index in [9.17, 15) is 0 Å². The first-order valence-corrected chi connectivity index (χ1v) is 2.66. The standard InChI is InChI=1S/C6H6O2.HNO2/c7-5-3-1-2-4-6(5)8;2-1-3/h1-4,7-8H;(H,2,3). The van der Waals surface area contributed by atoms with E-state index in [2.05, 4.69) is 0 Å². The topological polar surface area (TPSA) is 90.1 Å². The number of phenols is 2. The Morgan fingerprint density at radius 2 is 1.36 bits per heavy atom. The molecule has 0 heterocycles. The maximum Gasteiger partial charge on any atom is 0.157 e. The molecular weight excluding hydrogens is 150 g/mol. The van der Waals surface area contributed by atoms with Crippen LogP contribution in [0.4, 0.5) is 0 Å². The molecule has 0 atom stereocenters. The van der Waals surface area contributed by atoms with Crippen molar-refractivity contribution in [1.29, 1.82) is 0 Å². The van der Waals surface area contributed by atoms with E-state index < -0.39 is 0 Å². The van der Waals surface area contributed by atoms with Gasteiger partial charge in [0.05, 0.1) is 0 Å². The van der Waals surface area contributed by atoms with Crippen molar-refractivity contribution in [3.63, 3.8) is 0 Å². The van der Waals surface area contributed by atoms with E-state index in [0.29, 0.717) is 0 Å². The maximum atomic E-state index is 8.67. The predicted octanol–water partition coefficient (Wildman–Crippen LogP) is 1.24. The molecule has 0 radical (unpaired) electrons. The Morgan fingerprint density at radius 3 is 1.55 bits per heavy atom. The van der Waals surface area contributed by atoms with Gasteiger partial charge < -0.3 is 15.4 Å². The van der Waals surface area contributed by atoms with Gasteiger partial charge >= 0.3 is 0 Å². The molecule has 5 heteroatoms. The van der Waals surface area contributed by atoms with Gasteiger partial charge in [0.15, 0.2) is 16.8 Å². The number of benzene rings is 1. The van der Waals surface area contributed by atoms with Crippen molar-refractivity contribution in [1.82, 2.24) is 0 Å². The summed E-state index contributed by atoms with van der Waals surface area (Å²) in [7, 11) is 0. The summed E-state index contributed by atoms with van der Waals surface area (Å²) in [5, 5.41) is 25.2. The van der Waals surface area contributed by atoms with Gasteiger partial charge in [-0.15, -0.1) is 4.91 Å². The molecule has 0 saturated heterocycles. The van der Waals surface area contributed by atoms with Gasteiger partial charge in [-0.3, -0.25) is 0 Å². The fraction of sp³-hybridized carbons (Fsp3) is 0. The third-order valence-corrected chi connectivity index (χ3v) is 0.882. The van der Waals surface area contributed by atoms with Gasteiger partial charge in [-0.05, 0) is 12.1 Å². The highest BCUT2D eigenvalue weighted by Gasteiger charge is 1.90. The second kappa shape index (κ2) is 5.04. The van der Waals surface area contributed by atoms with Crippen LogP contribution in [0.3, 0.4) is 0 Å². The van der Waals surface area contributed by atoms with Crippen molar-refractivity contribution in [2.45, 2.75) is 0 Å². The van der Waals surface area contributed by atoms with Gasteiger partial charge in [0.1, 0.15) is 0 Å².